The van der Waals surface area contributed by atoms with Gasteiger partial charge in [-0.2, -0.15) is 8.78 Å². The number of benzene rings is 4. The van der Waals surface area contributed by atoms with Crippen molar-refractivity contribution in [2.45, 2.75) is 51.6 Å². The molecular weight excluding hydrogens is 552 g/mol. The second-order valence-corrected chi connectivity index (χ2v) is 10.5. The SMILES string of the molecule is CCCC1CCC(C(F)(F)Oc2ccc(-c3cc4ccc(-c5cc(F)c(F)c(F)c5)c(F)c4c(F)c3F)cc2)CC1. The van der Waals surface area contributed by atoms with Gasteiger partial charge >= 0.3 is 6.11 Å². The van der Waals surface area contributed by atoms with Crippen molar-refractivity contribution in [3.63, 3.8) is 0 Å². The molecule has 5 rings (SSSR count). The summed E-state index contributed by atoms with van der Waals surface area (Å²) >= 11 is 0. The lowest BCUT2D eigenvalue weighted by molar-refractivity contribution is -0.223. The molecule has 0 saturated heterocycles. The molecule has 0 radical (unpaired) electrons. The van der Waals surface area contributed by atoms with E-state index in [9.17, 15) is 22.0 Å². The van der Waals surface area contributed by atoms with Crippen LogP contribution in [0.1, 0.15) is 45.4 Å². The van der Waals surface area contributed by atoms with Gasteiger partial charge in [0.25, 0.3) is 0 Å². The van der Waals surface area contributed by atoms with Crippen molar-refractivity contribution >= 4 is 10.8 Å². The maximum absolute atomic E-state index is 15.3. The highest BCUT2D eigenvalue weighted by molar-refractivity contribution is 5.92. The molecule has 1 saturated carbocycles. The van der Waals surface area contributed by atoms with E-state index in [1.165, 1.54) is 36.4 Å². The van der Waals surface area contributed by atoms with Crippen LogP contribution in [0.3, 0.4) is 0 Å². The Bertz CT molecular complexity index is 1550. The minimum absolute atomic E-state index is 0.0614. The fourth-order valence-corrected chi connectivity index (χ4v) is 5.66. The molecular formula is C32H26F8O. The third kappa shape index (κ3) is 5.63. The summed E-state index contributed by atoms with van der Waals surface area (Å²) in [6, 6.07) is 9.66. The summed E-state index contributed by atoms with van der Waals surface area (Å²) in [5.41, 5.74) is -0.978. The van der Waals surface area contributed by atoms with E-state index in [2.05, 4.69) is 6.92 Å². The van der Waals surface area contributed by atoms with Gasteiger partial charge in [0.1, 0.15) is 11.6 Å². The zero-order valence-electron chi connectivity index (χ0n) is 22.0. The normalized spacial score (nSPS) is 17.7. The summed E-state index contributed by atoms with van der Waals surface area (Å²) in [7, 11) is 0. The Kier molecular flexibility index (Phi) is 7.99. The van der Waals surface area contributed by atoms with Crippen molar-refractivity contribution in [3.05, 3.63) is 89.5 Å². The van der Waals surface area contributed by atoms with Crippen molar-refractivity contribution in [3.8, 4) is 28.0 Å². The Morgan fingerprint density at radius 1 is 0.683 bits per heavy atom. The second-order valence-electron chi connectivity index (χ2n) is 10.5. The van der Waals surface area contributed by atoms with Crippen LogP contribution in [0.5, 0.6) is 5.75 Å². The quantitative estimate of drug-likeness (QED) is 0.157. The minimum Gasteiger partial charge on any atom is -0.432 e. The number of ether oxygens (including phenoxy) is 1. The highest BCUT2D eigenvalue weighted by Gasteiger charge is 2.43. The topological polar surface area (TPSA) is 9.23 Å². The Morgan fingerprint density at radius 3 is 1.93 bits per heavy atom. The predicted octanol–water partition coefficient (Wildman–Crippen LogP) is 10.6. The fraction of sp³-hybridized carbons (Fsp3) is 0.312. The van der Waals surface area contributed by atoms with Crippen molar-refractivity contribution in [2.24, 2.45) is 11.8 Å². The lowest BCUT2D eigenvalue weighted by Crippen LogP contribution is -2.37. The molecule has 0 heterocycles. The molecule has 0 amide bonds. The molecule has 41 heavy (non-hydrogen) atoms. The molecule has 1 nitrogen and oxygen atoms in total. The monoisotopic (exact) mass is 578 g/mol. The molecule has 1 fully saturated rings. The van der Waals surface area contributed by atoms with Crippen molar-refractivity contribution in [1.82, 2.24) is 0 Å². The maximum Gasteiger partial charge on any atom is 0.400 e. The number of halogens is 8. The Hall–Kier alpha value is -3.62. The third-order valence-electron chi connectivity index (χ3n) is 7.86. The van der Waals surface area contributed by atoms with E-state index < -0.39 is 63.4 Å². The zero-order valence-corrected chi connectivity index (χ0v) is 22.0. The molecule has 0 bridgehead atoms. The van der Waals surface area contributed by atoms with E-state index >= 15 is 13.2 Å². The highest BCUT2D eigenvalue weighted by atomic mass is 19.3. The molecule has 4 aromatic rings. The van der Waals surface area contributed by atoms with E-state index in [0.717, 1.165) is 31.7 Å². The van der Waals surface area contributed by atoms with Gasteiger partial charge in [-0.3, -0.25) is 0 Å². The molecule has 0 atom stereocenters. The lowest BCUT2D eigenvalue weighted by Gasteiger charge is -2.33. The molecule has 216 valence electrons. The largest absolute Gasteiger partial charge is 0.432 e. The molecule has 0 unspecified atom stereocenters. The van der Waals surface area contributed by atoms with Crippen LogP contribution in [0.2, 0.25) is 0 Å². The highest BCUT2D eigenvalue weighted by Crippen LogP contribution is 2.42. The van der Waals surface area contributed by atoms with Gasteiger partial charge < -0.3 is 4.74 Å². The molecule has 0 aliphatic heterocycles. The van der Waals surface area contributed by atoms with E-state index in [4.69, 9.17) is 4.74 Å². The van der Waals surface area contributed by atoms with E-state index in [0.29, 0.717) is 30.9 Å². The number of hydrogen-bond acceptors (Lipinski definition) is 1. The Labute approximate surface area is 231 Å². The van der Waals surface area contributed by atoms with Gasteiger partial charge in [0.05, 0.1) is 11.3 Å². The summed E-state index contributed by atoms with van der Waals surface area (Å²) in [4.78, 5) is 0. The first-order valence-electron chi connectivity index (χ1n) is 13.4. The summed E-state index contributed by atoms with van der Waals surface area (Å²) in [6.07, 6.45) is 0.830. The maximum atomic E-state index is 15.3. The molecule has 1 aliphatic carbocycles. The van der Waals surface area contributed by atoms with E-state index in [-0.39, 0.29) is 22.3 Å². The van der Waals surface area contributed by atoms with Gasteiger partial charge in [0.2, 0.25) is 0 Å². The number of rotatable bonds is 7. The van der Waals surface area contributed by atoms with Crippen molar-refractivity contribution in [1.29, 1.82) is 0 Å². The first-order valence-corrected chi connectivity index (χ1v) is 13.4. The Morgan fingerprint density at radius 2 is 1.32 bits per heavy atom. The van der Waals surface area contributed by atoms with Crippen LogP contribution in [0.4, 0.5) is 35.1 Å². The van der Waals surface area contributed by atoms with Gasteiger partial charge in [-0.1, -0.05) is 44.0 Å². The van der Waals surface area contributed by atoms with Crippen LogP contribution in [-0.4, -0.2) is 6.11 Å². The molecule has 0 aromatic heterocycles. The van der Waals surface area contributed by atoms with Crippen LogP contribution in [-0.2, 0) is 0 Å². The molecule has 0 spiro atoms. The van der Waals surface area contributed by atoms with Gasteiger partial charge in [-0.05, 0) is 78.4 Å². The Balaban J connectivity index is 1.40. The fourth-order valence-electron chi connectivity index (χ4n) is 5.66. The average molecular weight is 579 g/mol. The smallest absolute Gasteiger partial charge is 0.400 e. The summed E-state index contributed by atoms with van der Waals surface area (Å²) < 4.78 is 121. The molecule has 1 aliphatic rings. The zero-order chi connectivity index (χ0) is 29.5. The van der Waals surface area contributed by atoms with Crippen LogP contribution in [0.15, 0.2) is 54.6 Å². The summed E-state index contributed by atoms with van der Waals surface area (Å²) in [5, 5.41) is -0.823. The van der Waals surface area contributed by atoms with E-state index in [1.54, 1.807) is 0 Å². The predicted molar refractivity (Wildman–Crippen MR) is 140 cm³/mol. The second kappa shape index (κ2) is 11.3. The first-order chi connectivity index (χ1) is 19.5. The average Bonchev–Trinajstić information content (AvgIpc) is 2.94. The van der Waals surface area contributed by atoms with Crippen LogP contribution < -0.4 is 4.74 Å². The van der Waals surface area contributed by atoms with Gasteiger partial charge in [-0.25, -0.2) is 26.3 Å². The van der Waals surface area contributed by atoms with Gasteiger partial charge in [0, 0.05) is 11.1 Å². The number of hydrogen-bond donors (Lipinski definition) is 0. The number of alkyl halides is 2. The van der Waals surface area contributed by atoms with Crippen LogP contribution >= 0.6 is 0 Å². The molecule has 0 N–H and O–H groups in total. The third-order valence-corrected chi connectivity index (χ3v) is 7.86. The van der Waals surface area contributed by atoms with Crippen molar-refractivity contribution < 1.29 is 39.9 Å². The summed E-state index contributed by atoms with van der Waals surface area (Å²) in [6.45, 7) is 2.07. The van der Waals surface area contributed by atoms with E-state index in [1.807, 2.05) is 0 Å². The first kappa shape index (κ1) is 28.9. The minimum atomic E-state index is -3.38. The van der Waals surface area contributed by atoms with Gasteiger partial charge in [-0.15, -0.1) is 0 Å². The van der Waals surface area contributed by atoms with Crippen LogP contribution in [0, 0.1) is 46.7 Å². The lowest BCUT2D eigenvalue weighted by atomic mass is 9.79. The number of fused-ring (bicyclic) bond motifs is 1. The van der Waals surface area contributed by atoms with Gasteiger partial charge in [0.15, 0.2) is 29.1 Å². The molecule has 9 heteroatoms. The standard InChI is InChI=1S/C32H26F8O/c1-2-3-17-4-9-21(10-5-17)32(39,40)41-22-11-6-18(7-12-22)24-14-19-8-13-23(28(35)27(19)31(38)29(24)36)20-15-25(33)30(37)26(34)16-20/h6-8,11-17,21H,2-5,9-10H2,1H3. The van der Waals surface area contributed by atoms with Crippen LogP contribution in [0.25, 0.3) is 33.0 Å². The molecule has 4 aromatic carbocycles. The van der Waals surface area contributed by atoms with Crippen molar-refractivity contribution in [2.75, 3.05) is 0 Å². The summed E-state index contributed by atoms with van der Waals surface area (Å²) in [5.74, 6) is -9.71.